The molecule has 1 rings (SSSR count). The van der Waals surface area contributed by atoms with Crippen LogP contribution < -0.4 is 0 Å². The van der Waals surface area contributed by atoms with Crippen LogP contribution in [0.5, 0.6) is 0 Å². The fraction of sp³-hybridized carbons (Fsp3) is 0.778. The zero-order chi connectivity index (χ0) is 9.84. The summed E-state index contributed by atoms with van der Waals surface area (Å²) in [5.41, 5.74) is 0. The molecular formula is C9H14N2OS. The van der Waals surface area contributed by atoms with Gasteiger partial charge in [-0.25, -0.2) is 0 Å². The monoisotopic (exact) mass is 198 g/mol. The first-order chi connectivity index (χ1) is 6.17. The van der Waals surface area contributed by atoms with Gasteiger partial charge < -0.3 is 4.90 Å². The predicted octanol–water partition coefficient (Wildman–Crippen LogP) is 1.11. The molecule has 1 heterocycles. The van der Waals surface area contributed by atoms with Crippen molar-refractivity contribution in [1.29, 1.82) is 5.26 Å². The van der Waals surface area contributed by atoms with E-state index in [1.807, 2.05) is 6.26 Å². The van der Waals surface area contributed by atoms with Crippen molar-refractivity contribution in [2.45, 2.75) is 18.6 Å². The minimum Gasteiger partial charge on any atom is -0.340 e. The van der Waals surface area contributed by atoms with Crippen molar-refractivity contribution in [2.75, 3.05) is 19.3 Å². The van der Waals surface area contributed by atoms with Crippen LogP contribution in [-0.4, -0.2) is 35.4 Å². The molecule has 0 saturated carbocycles. The highest BCUT2D eigenvalue weighted by Crippen LogP contribution is 2.19. The highest BCUT2D eigenvalue weighted by molar-refractivity contribution is 7.99. The molecular weight excluding hydrogens is 184 g/mol. The van der Waals surface area contributed by atoms with E-state index in [-0.39, 0.29) is 11.8 Å². The lowest BCUT2D eigenvalue weighted by atomic mass is 10.1. The van der Waals surface area contributed by atoms with Gasteiger partial charge in [-0.2, -0.15) is 17.0 Å². The summed E-state index contributed by atoms with van der Waals surface area (Å²) in [6.07, 6.45) is 2.45. The number of nitrogens with zero attached hydrogens (tertiary/aromatic N) is 2. The van der Waals surface area contributed by atoms with Gasteiger partial charge in [0.05, 0.1) is 12.0 Å². The molecule has 13 heavy (non-hydrogen) atoms. The van der Waals surface area contributed by atoms with Gasteiger partial charge in [-0.15, -0.1) is 0 Å². The quantitative estimate of drug-likeness (QED) is 0.682. The molecule has 0 bridgehead atoms. The number of carbonyl (C=O) groups excluding carboxylic acids is 1. The van der Waals surface area contributed by atoms with Gasteiger partial charge in [0.2, 0.25) is 5.91 Å². The molecule has 72 valence electrons. The predicted molar refractivity (Wildman–Crippen MR) is 53.3 cm³/mol. The maximum atomic E-state index is 11.4. The Balaban J connectivity index is 2.44. The molecule has 1 amide bonds. The number of hydrogen-bond acceptors (Lipinski definition) is 3. The Kier molecular flexibility index (Phi) is 3.61. The maximum Gasteiger partial charge on any atom is 0.224 e. The minimum atomic E-state index is -0.0819. The van der Waals surface area contributed by atoms with Crippen molar-refractivity contribution in [1.82, 2.24) is 4.90 Å². The summed E-state index contributed by atoms with van der Waals surface area (Å²) in [7, 11) is 0. The third kappa shape index (κ3) is 2.63. The molecule has 2 atom stereocenters. The van der Waals surface area contributed by atoms with Gasteiger partial charge in [0.1, 0.15) is 0 Å². The van der Waals surface area contributed by atoms with Crippen LogP contribution in [-0.2, 0) is 4.79 Å². The largest absolute Gasteiger partial charge is 0.340 e. The number of likely N-dealkylation sites (tertiary alicyclic amines) is 1. The van der Waals surface area contributed by atoms with E-state index < -0.39 is 0 Å². The summed E-state index contributed by atoms with van der Waals surface area (Å²) in [5.74, 6) is 0.0500. The van der Waals surface area contributed by atoms with Crippen LogP contribution in [0.4, 0.5) is 0 Å². The van der Waals surface area contributed by atoms with Crippen LogP contribution in [0.25, 0.3) is 0 Å². The van der Waals surface area contributed by atoms with Crippen LogP contribution in [0.3, 0.4) is 0 Å². The molecule has 1 fully saturated rings. The van der Waals surface area contributed by atoms with Crippen LogP contribution >= 0.6 is 11.8 Å². The standard InChI is InChI=1S/C9H14N2OS/c1-7(13-2)5-11-6-8(4-10)3-9(11)12/h7-8H,3,5-6H2,1-2H3. The molecule has 3 nitrogen and oxygen atoms in total. The van der Waals surface area contributed by atoms with Crippen molar-refractivity contribution < 1.29 is 4.79 Å². The fourth-order valence-electron chi connectivity index (χ4n) is 1.42. The third-order valence-electron chi connectivity index (χ3n) is 2.28. The molecule has 0 aromatic carbocycles. The van der Waals surface area contributed by atoms with Crippen molar-refractivity contribution in [3.63, 3.8) is 0 Å². The number of amides is 1. The molecule has 0 aliphatic carbocycles. The lowest BCUT2D eigenvalue weighted by Crippen LogP contribution is -2.31. The van der Waals surface area contributed by atoms with E-state index in [1.54, 1.807) is 16.7 Å². The summed E-state index contributed by atoms with van der Waals surface area (Å²) in [6, 6.07) is 2.15. The Morgan fingerprint density at radius 2 is 2.54 bits per heavy atom. The van der Waals surface area contributed by atoms with Crippen LogP contribution in [0, 0.1) is 17.2 Å². The fourth-order valence-corrected chi connectivity index (χ4v) is 1.75. The van der Waals surface area contributed by atoms with Gasteiger partial charge in [0.25, 0.3) is 0 Å². The summed E-state index contributed by atoms with van der Waals surface area (Å²) < 4.78 is 0. The van der Waals surface area contributed by atoms with Gasteiger partial charge in [-0.3, -0.25) is 4.79 Å². The van der Waals surface area contributed by atoms with E-state index in [2.05, 4.69) is 13.0 Å². The first-order valence-electron chi connectivity index (χ1n) is 4.37. The smallest absolute Gasteiger partial charge is 0.224 e. The molecule has 1 saturated heterocycles. The Morgan fingerprint density at radius 3 is 3.00 bits per heavy atom. The van der Waals surface area contributed by atoms with Gasteiger partial charge in [-0.1, -0.05) is 6.92 Å². The number of carbonyl (C=O) groups is 1. The topological polar surface area (TPSA) is 44.1 Å². The summed E-state index contributed by atoms with van der Waals surface area (Å²) in [4.78, 5) is 13.2. The van der Waals surface area contributed by atoms with Gasteiger partial charge >= 0.3 is 0 Å². The van der Waals surface area contributed by atoms with E-state index in [4.69, 9.17) is 5.26 Å². The number of nitriles is 1. The van der Waals surface area contributed by atoms with Crippen LogP contribution in [0.2, 0.25) is 0 Å². The lowest BCUT2D eigenvalue weighted by molar-refractivity contribution is -0.127. The van der Waals surface area contributed by atoms with E-state index in [1.165, 1.54) is 0 Å². The zero-order valence-electron chi connectivity index (χ0n) is 7.99. The van der Waals surface area contributed by atoms with Crippen LogP contribution in [0.15, 0.2) is 0 Å². The molecule has 0 aromatic heterocycles. The second-order valence-electron chi connectivity index (χ2n) is 3.38. The molecule has 2 unspecified atom stereocenters. The minimum absolute atomic E-state index is 0.0819. The van der Waals surface area contributed by atoms with Gasteiger partial charge in [0, 0.05) is 24.8 Å². The first-order valence-corrected chi connectivity index (χ1v) is 5.66. The van der Waals surface area contributed by atoms with Crippen molar-refractivity contribution in [3.8, 4) is 6.07 Å². The molecule has 0 N–H and O–H groups in total. The average Bonchev–Trinajstić information content (AvgIpc) is 2.47. The van der Waals surface area contributed by atoms with E-state index in [0.717, 1.165) is 6.54 Å². The number of hydrogen-bond donors (Lipinski definition) is 0. The summed E-state index contributed by atoms with van der Waals surface area (Å²) in [5, 5.41) is 9.12. The summed E-state index contributed by atoms with van der Waals surface area (Å²) in [6.45, 7) is 3.50. The molecule has 0 spiro atoms. The van der Waals surface area contributed by atoms with Crippen molar-refractivity contribution >= 4 is 17.7 Å². The highest BCUT2D eigenvalue weighted by atomic mass is 32.2. The maximum absolute atomic E-state index is 11.4. The molecule has 0 aromatic rings. The SMILES string of the molecule is CSC(C)CN1CC(C#N)CC1=O. The van der Waals surface area contributed by atoms with Gasteiger partial charge in [0.15, 0.2) is 0 Å². The lowest BCUT2D eigenvalue weighted by Gasteiger charge is -2.19. The normalized spacial score (nSPS) is 24.5. The molecule has 0 radical (unpaired) electrons. The van der Waals surface area contributed by atoms with E-state index in [9.17, 15) is 4.79 Å². The molecule has 1 aliphatic rings. The first kappa shape index (κ1) is 10.4. The molecule has 1 aliphatic heterocycles. The average molecular weight is 198 g/mol. The second kappa shape index (κ2) is 4.52. The Labute approximate surface area is 83.1 Å². The highest BCUT2D eigenvalue weighted by Gasteiger charge is 2.29. The van der Waals surface area contributed by atoms with Crippen LogP contribution in [0.1, 0.15) is 13.3 Å². The van der Waals surface area contributed by atoms with E-state index in [0.29, 0.717) is 18.2 Å². The van der Waals surface area contributed by atoms with Gasteiger partial charge in [-0.05, 0) is 6.26 Å². The molecule has 4 heteroatoms. The zero-order valence-corrected chi connectivity index (χ0v) is 8.80. The Hall–Kier alpha value is -0.690. The Bertz CT molecular complexity index is 236. The number of rotatable bonds is 3. The summed E-state index contributed by atoms with van der Waals surface area (Å²) >= 11 is 1.75. The second-order valence-corrected chi connectivity index (χ2v) is 4.65. The Morgan fingerprint density at radius 1 is 1.85 bits per heavy atom. The van der Waals surface area contributed by atoms with E-state index >= 15 is 0 Å². The van der Waals surface area contributed by atoms with Crippen molar-refractivity contribution in [3.05, 3.63) is 0 Å². The van der Waals surface area contributed by atoms with Crippen molar-refractivity contribution in [2.24, 2.45) is 5.92 Å². The number of thioether (sulfide) groups is 1. The third-order valence-corrected chi connectivity index (χ3v) is 3.23.